The maximum absolute atomic E-state index is 10.6. The molecule has 1 fully saturated rings. The van der Waals surface area contributed by atoms with Crippen molar-refractivity contribution in [3.05, 3.63) is 59.2 Å². The van der Waals surface area contributed by atoms with Gasteiger partial charge < -0.3 is 20.3 Å². The van der Waals surface area contributed by atoms with Crippen molar-refractivity contribution in [3.63, 3.8) is 0 Å². The predicted molar refractivity (Wildman–Crippen MR) is 127 cm³/mol. The molecule has 2 aromatic carbocycles. The molecule has 0 aliphatic carbocycles. The van der Waals surface area contributed by atoms with Crippen LogP contribution >= 0.6 is 0 Å². The molecule has 0 radical (unpaired) electrons. The van der Waals surface area contributed by atoms with E-state index < -0.39 is 12.1 Å². The number of hydrogen-bond acceptors (Lipinski definition) is 5. The van der Waals surface area contributed by atoms with Crippen LogP contribution in [0, 0.1) is 0 Å². The number of phenols is 1. The van der Waals surface area contributed by atoms with Crippen molar-refractivity contribution < 1.29 is 32.9 Å². The number of phenolic OH excluding ortho intramolecular Hbond substituents is 1. The average molecular weight is 495 g/mol. The molecule has 3 atom stereocenters. The lowest BCUT2D eigenvalue weighted by molar-refractivity contribution is -0.192. The Morgan fingerprint density at radius 1 is 1.20 bits per heavy atom. The van der Waals surface area contributed by atoms with Crippen LogP contribution in [0.4, 0.5) is 13.2 Å². The van der Waals surface area contributed by atoms with Gasteiger partial charge in [0.1, 0.15) is 17.6 Å². The van der Waals surface area contributed by atoms with E-state index in [0.717, 1.165) is 31.7 Å². The molecule has 2 heterocycles. The number of carbonyl (C=O) groups is 1. The molecule has 0 amide bonds. The van der Waals surface area contributed by atoms with Crippen LogP contribution in [0.2, 0.25) is 0 Å². The lowest BCUT2D eigenvalue weighted by Crippen LogP contribution is -2.44. The number of alkyl halides is 3. The summed E-state index contributed by atoms with van der Waals surface area (Å²) in [5, 5.41) is 20.5. The number of carboxylic acids is 1. The monoisotopic (exact) mass is 494 g/mol. The van der Waals surface area contributed by atoms with E-state index in [9.17, 15) is 18.3 Å². The third-order valence-electron chi connectivity index (χ3n) is 6.58. The van der Waals surface area contributed by atoms with E-state index in [1.807, 2.05) is 12.1 Å². The molecule has 9 heteroatoms. The Labute approximate surface area is 203 Å². The van der Waals surface area contributed by atoms with Gasteiger partial charge in [-0.1, -0.05) is 24.6 Å². The summed E-state index contributed by atoms with van der Waals surface area (Å²) >= 11 is 0. The molecule has 3 unspecified atom stereocenters. The number of piperidine rings is 1. The lowest BCUT2D eigenvalue weighted by atomic mass is 9.89. The molecule has 0 spiro atoms. The van der Waals surface area contributed by atoms with Crippen molar-refractivity contribution in [2.75, 3.05) is 20.1 Å². The number of ether oxygens (including phenoxy) is 1. The first-order chi connectivity index (χ1) is 16.5. The SMILES string of the molecule is CC(Oc1ccc(CC2c3ccc(O)cc3CCN2C)cc1)C1CCCCN1.O=C(O)C(F)(F)F. The summed E-state index contributed by atoms with van der Waals surface area (Å²) in [7, 11) is 2.19. The van der Waals surface area contributed by atoms with Gasteiger partial charge >= 0.3 is 12.1 Å². The smallest absolute Gasteiger partial charge is 0.490 e. The lowest BCUT2D eigenvalue weighted by Gasteiger charge is -2.35. The Morgan fingerprint density at radius 3 is 2.49 bits per heavy atom. The molecule has 35 heavy (non-hydrogen) atoms. The van der Waals surface area contributed by atoms with Gasteiger partial charge in [0.25, 0.3) is 0 Å². The van der Waals surface area contributed by atoms with Crippen molar-refractivity contribution in [1.29, 1.82) is 0 Å². The fourth-order valence-corrected chi connectivity index (χ4v) is 4.59. The minimum Gasteiger partial charge on any atom is -0.508 e. The van der Waals surface area contributed by atoms with Crippen LogP contribution in [-0.4, -0.2) is 59.5 Å². The van der Waals surface area contributed by atoms with Gasteiger partial charge in [0.15, 0.2) is 0 Å². The van der Waals surface area contributed by atoms with Crippen molar-refractivity contribution in [3.8, 4) is 11.5 Å². The van der Waals surface area contributed by atoms with Crippen LogP contribution < -0.4 is 10.1 Å². The molecule has 4 rings (SSSR count). The fraction of sp³-hybridized carbons (Fsp3) is 0.500. The zero-order valence-corrected chi connectivity index (χ0v) is 20.0. The molecule has 2 aliphatic heterocycles. The second kappa shape index (κ2) is 11.8. The molecule has 0 aromatic heterocycles. The molecule has 0 saturated carbocycles. The highest BCUT2D eigenvalue weighted by molar-refractivity contribution is 5.73. The number of nitrogens with one attached hydrogen (secondary N) is 1. The average Bonchev–Trinajstić information content (AvgIpc) is 2.82. The zero-order valence-electron chi connectivity index (χ0n) is 20.0. The van der Waals surface area contributed by atoms with Gasteiger partial charge in [-0.15, -0.1) is 0 Å². The van der Waals surface area contributed by atoms with Crippen molar-refractivity contribution in [2.45, 2.75) is 63.4 Å². The van der Waals surface area contributed by atoms with E-state index in [1.54, 1.807) is 0 Å². The van der Waals surface area contributed by atoms with Crippen LogP contribution in [0.3, 0.4) is 0 Å². The van der Waals surface area contributed by atoms with E-state index >= 15 is 0 Å². The number of aliphatic carboxylic acids is 1. The number of rotatable bonds is 5. The molecule has 2 aliphatic rings. The largest absolute Gasteiger partial charge is 0.508 e. The van der Waals surface area contributed by atoms with E-state index in [-0.39, 0.29) is 6.10 Å². The standard InChI is InChI=1S/C24H32N2O2.C2HF3O2/c1-17(23-5-3-4-13-25-23)28-21-9-6-18(7-10-21)15-24-22-11-8-20(27)16-19(22)12-14-26(24)2;3-2(4,5)1(6)7/h6-11,16-17,23-25,27H,3-5,12-15H2,1-2H3;(H,6,7). The van der Waals surface area contributed by atoms with Gasteiger partial charge in [0.05, 0.1) is 0 Å². The number of aromatic hydroxyl groups is 1. The van der Waals surface area contributed by atoms with Gasteiger partial charge in [0.2, 0.25) is 0 Å². The van der Waals surface area contributed by atoms with Gasteiger partial charge in [-0.25, -0.2) is 4.79 Å². The maximum atomic E-state index is 10.6. The molecule has 2 aromatic rings. The Balaban J connectivity index is 0.000000429. The first-order valence-corrected chi connectivity index (χ1v) is 11.9. The minimum atomic E-state index is -5.08. The van der Waals surface area contributed by atoms with Crippen LogP contribution in [0.5, 0.6) is 11.5 Å². The third-order valence-corrected chi connectivity index (χ3v) is 6.58. The second-order valence-corrected chi connectivity index (χ2v) is 9.16. The molecule has 192 valence electrons. The molecular weight excluding hydrogens is 461 g/mol. The summed E-state index contributed by atoms with van der Waals surface area (Å²) in [5.41, 5.74) is 3.93. The maximum Gasteiger partial charge on any atom is 0.490 e. The van der Waals surface area contributed by atoms with Crippen LogP contribution in [0.1, 0.15) is 48.9 Å². The summed E-state index contributed by atoms with van der Waals surface area (Å²) in [5.74, 6) is -1.44. The van der Waals surface area contributed by atoms with Crippen molar-refractivity contribution in [1.82, 2.24) is 10.2 Å². The van der Waals surface area contributed by atoms with Crippen molar-refractivity contribution in [2.24, 2.45) is 0 Å². The number of carboxylic acid groups (broad SMARTS) is 1. The van der Waals surface area contributed by atoms with Crippen LogP contribution in [0.15, 0.2) is 42.5 Å². The number of fused-ring (bicyclic) bond motifs is 1. The summed E-state index contributed by atoms with van der Waals surface area (Å²) in [6.45, 7) is 4.29. The van der Waals surface area contributed by atoms with Crippen LogP contribution in [0.25, 0.3) is 0 Å². The molecule has 1 saturated heterocycles. The summed E-state index contributed by atoms with van der Waals surface area (Å²) < 4.78 is 37.9. The minimum absolute atomic E-state index is 0.190. The Hall–Kier alpha value is -2.78. The second-order valence-electron chi connectivity index (χ2n) is 9.16. The highest BCUT2D eigenvalue weighted by Crippen LogP contribution is 2.33. The third kappa shape index (κ3) is 7.60. The summed E-state index contributed by atoms with van der Waals surface area (Å²) in [6, 6.07) is 15.2. The van der Waals surface area contributed by atoms with Gasteiger partial charge in [-0.2, -0.15) is 13.2 Å². The first-order valence-electron chi connectivity index (χ1n) is 11.9. The van der Waals surface area contributed by atoms with E-state index in [0.29, 0.717) is 17.8 Å². The molecule has 6 nitrogen and oxygen atoms in total. The predicted octanol–water partition coefficient (Wildman–Crippen LogP) is 4.71. The number of hydrogen-bond donors (Lipinski definition) is 3. The Kier molecular flexibility index (Phi) is 9.02. The first kappa shape index (κ1) is 26.8. The quantitative estimate of drug-likeness (QED) is 0.559. The topological polar surface area (TPSA) is 82.0 Å². The fourth-order valence-electron chi connectivity index (χ4n) is 4.59. The molecular formula is C26H33F3N2O4. The van der Waals surface area contributed by atoms with Gasteiger partial charge in [0, 0.05) is 18.6 Å². The van der Waals surface area contributed by atoms with Gasteiger partial charge in [-0.05, 0) is 87.2 Å². The number of likely N-dealkylation sites (N-methyl/N-ethyl adjacent to an activating group) is 1. The molecule has 3 N–H and O–H groups in total. The number of halogens is 3. The zero-order chi connectivity index (χ0) is 25.6. The number of nitrogens with zero attached hydrogens (tertiary/aromatic N) is 1. The van der Waals surface area contributed by atoms with E-state index in [1.165, 1.54) is 36.0 Å². The van der Waals surface area contributed by atoms with Gasteiger partial charge in [-0.3, -0.25) is 4.90 Å². The normalized spacial score (nSPS) is 21.3. The van der Waals surface area contributed by atoms with E-state index in [2.05, 4.69) is 54.5 Å². The van der Waals surface area contributed by atoms with Crippen LogP contribution in [-0.2, 0) is 17.6 Å². The van der Waals surface area contributed by atoms with E-state index in [4.69, 9.17) is 14.6 Å². The highest BCUT2D eigenvalue weighted by atomic mass is 19.4. The summed E-state index contributed by atoms with van der Waals surface area (Å²) in [4.78, 5) is 11.3. The van der Waals surface area contributed by atoms with Crippen molar-refractivity contribution >= 4 is 5.97 Å². The summed E-state index contributed by atoms with van der Waals surface area (Å²) in [6.07, 6.45) is 0.831. The Morgan fingerprint density at radius 2 is 1.89 bits per heavy atom. The Bertz CT molecular complexity index is 976. The molecule has 0 bridgehead atoms. The highest BCUT2D eigenvalue weighted by Gasteiger charge is 2.38. The number of benzene rings is 2.